The average Bonchev–Trinajstić information content (AvgIpc) is 3.48. The van der Waals surface area contributed by atoms with E-state index in [2.05, 4.69) is 27.3 Å². The Morgan fingerprint density at radius 2 is 1.75 bits per heavy atom. The number of urea groups is 1. The van der Waals surface area contributed by atoms with Crippen LogP contribution >= 0.6 is 0 Å². The predicted octanol–water partition coefficient (Wildman–Crippen LogP) is 6.57. The lowest BCUT2D eigenvalue weighted by atomic mass is 9.94. The van der Waals surface area contributed by atoms with E-state index in [4.69, 9.17) is 19.3 Å². The third-order valence-corrected chi connectivity index (χ3v) is 8.91. The fourth-order valence-electron chi connectivity index (χ4n) is 6.10. The topological polar surface area (TPSA) is 123 Å². The number of likely N-dealkylation sites (tertiary alicyclic amines) is 1. The summed E-state index contributed by atoms with van der Waals surface area (Å²) >= 11 is 0. The van der Waals surface area contributed by atoms with Crippen LogP contribution in [0.3, 0.4) is 0 Å². The number of pyridine rings is 1. The molecule has 0 saturated carbocycles. The first-order chi connectivity index (χ1) is 24.7. The van der Waals surface area contributed by atoms with Gasteiger partial charge >= 0.3 is 6.03 Å². The molecule has 4 heterocycles. The number of rotatable bonds is 9. The molecule has 12 nitrogen and oxygen atoms in total. The lowest BCUT2D eigenvalue weighted by Crippen LogP contribution is -2.41. The predicted molar refractivity (Wildman–Crippen MR) is 185 cm³/mol. The van der Waals surface area contributed by atoms with E-state index in [1.165, 1.54) is 42.6 Å². The first-order valence-electron chi connectivity index (χ1n) is 16.5. The van der Waals surface area contributed by atoms with Crippen molar-refractivity contribution in [1.29, 1.82) is 0 Å². The Hall–Kier alpha value is -5.89. The summed E-state index contributed by atoms with van der Waals surface area (Å²) in [5, 5.41) is 12.4. The van der Waals surface area contributed by atoms with Gasteiger partial charge in [0, 0.05) is 49.7 Å². The van der Waals surface area contributed by atoms with Crippen LogP contribution in [0.1, 0.15) is 36.3 Å². The van der Waals surface area contributed by atoms with Crippen molar-refractivity contribution in [3.63, 3.8) is 0 Å². The van der Waals surface area contributed by atoms with Crippen LogP contribution in [-0.4, -0.2) is 76.2 Å². The minimum atomic E-state index is -0.869. The second-order valence-corrected chi connectivity index (χ2v) is 12.4. The summed E-state index contributed by atoms with van der Waals surface area (Å²) in [6, 6.07) is 17.8. The highest BCUT2D eigenvalue weighted by atomic mass is 19.1. The Kier molecular flexibility index (Phi) is 9.57. The molecule has 51 heavy (non-hydrogen) atoms. The number of methoxy groups -OCH3 is 1. The van der Waals surface area contributed by atoms with Gasteiger partial charge in [0.25, 0.3) is 5.91 Å². The quantitative estimate of drug-likeness (QED) is 0.184. The minimum Gasteiger partial charge on any atom is -0.497 e. The minimum absolute atomic E-state index is 0.0662. The zero-order chi connectivity index (χ0) is 35.5. The van der Waals surface area contributed by atoms with Crippen LogP contribution in [0, 0.1) is 11.6 Å². The number of piperidine rings is 1. The van der Waals surface area contributed by atoms with Gasteiger partial charge in [-0.15, -0.1) is 10.1 Å². The molecule has 1 fully saturated rings. The van der Waals surface area contributed by atoms with Crippen LogP contribution in [0.2, 0.25) is 0 Å². The number of halogens is 2. The summed E-state index contributed by atoms with van der Waals surface area (Å²) in [6.45, 7) is 2.17. The lowest BCUT2D eigenvalue weighted by Gasteiger charge is -2.28. The van der Waals surface area contributed by atoms with Crippen molar-refractivity contribution in [2.75, 3.05) is 32.6 Å². The number of anilines is 1. The summed E-state index contributed by atoms with van der Waals surface area (Å²) in [5.74, 6) is -1.25. The number of hydrogen-bond donors (Lipinski definition) is 1. The number of benzene rings is 3. The molecule has 1 atom stereocenters. The Morgan fingerprint density at radius 1 is 0.980 bits per heavy atom. The summed E-state index contributed by atoms with van der Waals surface area (Å²) in [6.07, 6.45) is 4.83. The van der Waals surface area contributed by atoms with Gasteiger partial charge in [-0.2, -0.15) is 5.10 Å². The highest BCUT2D eigenvalue weighted by Gasteiger charge is 2.33. The second kappa shape index (κ2) is 14.5. The first-order valence-corrected chi connectivity index (χ1v) is 16.5. The molecular weight excluding hydrogens is 660 g/mol. The van der Waals surface area contributed by atoms with Gasteiger partial charge in [-0.1, -0.05) is 24.3 Å². The molecule has 0 bridgehead atoms. The Labute approximate surface area is 292 Å². The third-order valence-electron chi connectivity index (χ3n) is 8.91. The molecule has 2 aromatic heterocycles. The maximum Gasteiger partial charge on any atom is 0.349 e. The summed E-state index contributed by atoms with van der Waals surface area (Å²) < 4.78 is 48.6. The van der Waals surface area contributed by atoms with Crippen LogP contribution in [0.5, 0.6) is 23.1 Å². The van der Waals surface area contributed by atoms with Crippen molar-refractivity contribution in [1.82, 2.24) is 24.7 Å². The van der Waals surface area contributed by atoms with Gasteiger partial charge in [0.15, 0.2) is 17.2 Å². The summed E-state index contributed by atoms with van der Waals surface area (Å²) in [7, 11) is 3.68. The number of fused-ring (bicyclic) bond motifs is 1. The number of hydrazone groups is 1. The molecule has 5 aromatic rings. The molecule has 1 saturated heterocycles. The van der Waals surface area contributed by atoms with E-state index >= 15 is 4.39 Å². The van der Waals surface area contributed by atoms with Gasteiger partial charge in [0.2, 0.25) is 5.88 Å². The van der Waals surface area contributed by atoms with Crippen molar-refractivity contribution in [3.8, 4) is 23.1 Å². The van der Waals surface area contributed by atoms with E-state index in [-0.39, 0.29) is 24.0 Å². The Morgan fingerprint density at radius 3 is 2.47 bits per heavy atom. The molecule has 14 heteroatoms. The van der Waals surface area contributed by atoms with Gasteiger partial charge < -0.3 is 24.4 Å². The molecule has 0 spiro atoms. The molecule has 2 aliphatic heterocycles. The molecular formula is C37H35F2N7O5. The fourth-order valence-corrected chi connectivity index (χ4v) is 6.10. The van der Waals surface area contributed by atoms with Gasteiger partial charge in [-0.05, 0) is 67.4 Å². The number of nitrogens with one attached hydrogen (secondary N) is 1. The number of aromatic nitrogens is 3. The van der Waals surface area contributed by atoms with E-state index in [0.29, 0.717) is 39.8 Å². The number of imide groups is 1. The summed E-state index contributed by atoms with van der Waals surface area (Å²) in [5.41, 5.74) is 2.09. The number of amides is 3. The molecule has 3 amide bonds. The van der Waals surface area contributed by atoms with E-state index in [1.54, 1.807) is 24.1 Å². The molecule has 2 aliphatic rings. The highest BCUT2D eigenvalue weighted by Crippen LogP contribution is 2.38. The maximum atomic E-state index is 15.6. The molecule has 1 N–H and O–H groups in total. The van der Waals surface area contributed by atoms with Crippen molar-refractivity contribution in [2.24, 2.45) is 5.10 Å². The Bertz CT molecular complexity index is 2080. The molecule has 7 rings (SSSR count). The van der Waals surface area contributed by atoms with E-state index < -0.39 is 29.5 Å². The number of ether oxygens (including phenoxy) is 3. The molecule has 3 aromatic carbocycles. The van der Waals surface area contributed by atoms with Crippen LogP contribution in [0.4, 0.5) is 19.3 Å². The first kappa shape index (κ1) is 33.6. The molecule has 0 aliphatic carbocycles. The number of carbonyl (C=O) groups is 2. The Balaban J connectivity index is 1.11. The normalized spacial score (nSPS) is 16.7. The zero-order valence-corrected chi connectivity index (χ0v) is 28.0. The third kappa shape index (κ3) is 7.36. The highest BCUT2D eigenvalue weighted by molar-refractivity contribution is 6.05. The van der Waals surface area contributed by atoms with E-state index in [1.807, 2.05) is 24.3 Å². The van der Waals surface area contributed by atoms with Crippen LogP contribution in [-0.2, 0) is 11.3 Å². The lowest BCUT2D eigenvalue weighted by molar-refractivity contribution is -0.130. The van der Waals surface area contributed by atoms with Gasteiger partial charge in [0.05, 0.1) is 19.6 Å². The average molecular weight is 696 g/mol. The van der Waals surface area contributed by atoms with Gasteiger partial charge in [-0.3, -0.25) is 4.79 Å². The standard InChI is InChI=1S/C37H35F2N7O5/c1-44-19-15-28(16-20-44)50-35-33-32(14-17-40-34(33)45(43-35)22-23-3-10-27(49-2)11-4-23)51-31-12-9-26(21-30(31)39)42-37(48)46-36(47)29(13-18-41-46)24-5-7-25(38)8-6-24/h3-12,14,17-18,21,28-29H,13,15-16,19-20,22H2,1-2H3,(H,42,48). The molecule has 0 radical (unpaired) electrons. The SMILES string of the molecule is COc1ccc(Cn2nc(OC3CCN(C)CC3)c3c(Oc4ccc(NC(=O)N5N=CCC(c6ccc(F)cc6)C5=O)cc4F)ccnc32)cc1. The number of carbonyl (C=O) groups excluding carboxylic acids is 2. The van der Waals surface area contributed by atoms with Gasteiger partial charge in [0.1, 0.15) is 28.8 Å². The molecule has 1 unspecified atom stereocenters. The van der Waals surface area contributed by atoms with Crippen LogP contribution in [0.25, 0.3) is 11.0 Å². The van der Waals surface area contributed by atoms with Crippen molar-refractivity contribution in [2.45, 2.75) is 37.8 Å². The van der Waals surface area contributed by atoms with Crippen LogP contribution < -0.4 is 19.5 Å². The molecule has 262 valence electrons. The van der Waals surface area contributed by atoms with Crippen molar-refractivity contribution >= 4 is 34.9 Å². The van der Waals surface area contributed by atoms with Crippen LogP contribution in [0.15, 0.2) is 84.1 Å². The monoisotopic (exact) mass is 695 g/mol. The number of nitrogens with zero attached hydrogens (tertiary/aromatic N) is 6. The maximum absolute atomic E-state index is 15.6. The van der Waals surface area contributed by atoms with Gasteiger partial charge in [-0.25, -0.2) is 23.2 Å². The van der Waals surface area contributed by atoms with E-state index in [0.717, 1.165) is 43.3 Å². The van der Waals surface area contributed by atoms with E-state index in [9.17, 15) is 14.0 Å². The largest absolute Gasteiger partial charge is 0.497 e. The second-order valence-electron chi connectivity index (χ2n) is 12.4. The van der Waals surface area contributed by atoms with Crippen molar-refractivity contribution < 1.29 is 32.6 Å². The van der Waals surface area contributed by atoms with Crippen molar-refractivity contribution in [3.05, 3.63) is 102 Å². The zero-order valence-electron chi connectivity index (χ0n) is 28.0. The summed E-state index contributed by atoms with van der Waals surface area (Å²) in [4.78, 5) is 33.0. The fraction of sp³-hybridized carbons (Fsp3) is 0.270. The number of hydrogen-bond acceptors (Lipinski definition) is 9. The smallest absolute Gasteiger partial charge is 0.349 e.